The van der Waals surface area contributed by atoms with Gasteiger partial charge in [-0.25, -0.2) is 4.21 Å². The van der Waals surface area contributed by atoms with Crippen LogP contribution in [0.1, 0.15) is 0 Å². The Morgan fingerprint density at radius 1 is 0.964 bits per heavy atom. The highest BCUT2D eigenvalue weighted by atomic mass is 32.2. The monoisotopic (exact) mass is 413 g/mol. The van der Waals surface area contributed by atoms with Gasteiger partial charge in [-0.3, -0.25) is 10.1 Å². The maximum atomic E-state index is 12.5. The number of para-hydroxylation sites is 1. The number of hydrogen-bond acceptors (Lipinski definition) is 5. The van der Waals surface area contributed by atoms with Crippen molar-refractivity contribution in [2.45, 2.75) is 9.79 Å². The first-order valence-corrected chi connectivity index (χ1v) is 10.7. The smallest absolute Gasteiger partial charge is 0.293 e. The minimum atomic E-state index is -1.59. The first-order chi connectivity index (χ1) is 13.6. The molecule has 0 amide bonds. The van der Waals surface area contributed by atoms with Crippen molar-refractivity contribution in [1.82, 2.24) is 0 Å². The van der Waals surface area contributed by atoms with Crippen LogP contribution in [0.15, 0.2) is 88.7 Å². The zero-order valence-corrected chi connectivity index (χ0v) is 16.5. The largest absolute Gasteiger partial charge is 0.379 e. The predicted molar refractivity (Wildman–Crippen MR) is 115 cm³/mol. The number of nitro benzene ring substituents is 1. The van der Waals surface area contributed by atoms with E-state index in [0.717, 1.165) is 10.6 Å². The van der Waals surface area contributed by atoms with Gasteiger partial charge >= 0.3 is 0 Å². The molecule has 3 rings (SSSR count). The van der Waals surface area contributed by atoms with E-state index in [0.29, 0.717) is 22.8 Å². The Balaban J connectivity index is 1.63. The Labute approximate surface area is 170 Å². The molecule has 1 unspecified atom stereocenters. The van der Waals surface area contributed by atoms with Crippen LogP contribution in [-0.2, 0) is 11.0 Å². The summed E-state index contributed by atoms with van der Waals surface area (Å²) in [7, 11) is -1.59. The Morgan fingerprint density at radius 2 is 1.64 bits per heavy atom. The minimum absolute atomic E-state index is 0.0922. The van der Waals surface area contributed by atoms with Crippen molar-refractivity contribution >= 4 is 39.8 Å². The third kappa shape index (κ3) is 5.58. The van der Waals surface area contributed by atoms with Crippen molar-refractivity contribution < 1.29 is 9.13 Å². The van der Waals surface area contributed by atoms with Crippen LogP contribution in [0.3, 0.4) is 0 Å². The van der Waals surface area contributed by atoms with Crippen LogP contribution in [0.25, 0.3) is 0 Å². The predicted octanol–water partition coefficient (Wildman–Crippen LogP) is 4.93. The molecule has 8 heteroatoms. The quantitative estimate of drug-likeness (QED) is 0.225. The summed E-state index contributed by atoms with van der Waals surface area (Å²) < 4.78 is 15.3. The van der Waals surface area contributed by atoms with E-state index in [9.17, 15) is 14.3 Å². The summed E-state index contributed by atoms with van der Waals surface area (Å²) in [5.74, 6) is 0.768. The van der Waals surface area contributed by atoms with Crippen molar-refractivity contribution in [2.24, 2.45) is 0 Å². The molecule has 0 bridgehead atoms. The summed E-state index contributed by atoms with van der Waals surface area (Å²) in [6.07, 6.45) is 0. The molecule has 2 N–H and O–H groups in total. The molecule has 0 spiro atoms. The van der Waals surface area contributed by atoms with Gasteiger partial charge in [0.1, 0.15) is 5.69 Å². The number of nitrogens with zero attached hydrogens (tertiary/aromatic N) is 1. The van der Waals surface area contributed by atoms with Gasteiger partial charge in [-0.05, 0) is 36.4 Å². The van der Waals surface area contributed by atoms with Crippen molar-refractivity contribution in [2.75, 3.05) is 22.3 Å². The van der Waals surface area contributed by atoms with Gasteiger partial charge in [-0.1, -0.05) is 36.4 Å². The Morgan fingerprint density at radius 3 is 2.32 bits per heavy atom. The topological polar surface area (TPSA) is 84.3 Å². The van der Waals surface area contributed by atoms with Crippen molar-refractivity contribution in [1.29, 1.82) is 0 Å². The van der Waals surface area contributed by atoms with Crippen molar-refractivity contribution in [3.05, 3.63) is 89.0 Å². The summed E-state index contributed by atoms with van der Waals surface area (Å²) in [6, 6.07) is 23.6. The fourth-order valence-electron chi connectivity index (χ4n) is 2.47. The van der Waals surface area contributed by atoms with Crippen molar-refractivity contribution in [3.63, 3.8) is 0 Å². The summed E-state index contributed by atoms with van der Waals surface area (Å²) >= 11 is 1.67. The maximum absolute atomic E-state index is 12.5. The molecule has 0 fully saturated rings. The normalized spacial score (nSPS) is 11.6. The second-order valence-corrected chi connectivity index (χ2v) is 8.14. The van der Waals surface area contributed by atoms with Crippen LogP contribution < -0.4 is 10.0 Å². The molecule has 1 atom stereocenters. The van der Waals surface area contributed by atoms with Crippen LogP contribution in [0.5, 0.6) is 0 Å². The lowest BCUT2D eigenvalue weighted by molar-refractivity contribution is -0.384. The zero-order chi connectivity index (χ0) is 19.8. The average Bonchev–Trinajstić information content (AvgIpc) is 2.72. The maximum Gasteiger partial charge on any atom is 0.293 e. The number of anilines is 2. The highest BCUT2D eigenvalue weighted by Gasteiger charge is 2.17. The van der Waals surface area contributed by atoms with Crippen LogP contribution >= 0.6 is 11.8 Å². The van der Waals surface area contributed by atoms with Crippen LogP contribution in [0, 0.1) is 10.1 Å². The SMILES string of the molecule is O=[N+]([O-])c1cc(S(=O)Nc2ccccc2)ccc1NCCSc1ccccc1. The van der Waals surface area contributed by atoms with Gasteiger partial charge in [0.25, 0.3) is 5.69 Å². The van der Waals surface area contributed by atoms with E-state index in [1.54, 1.807) is 36.0 Å². The molecule has 0 aliphatic carbocycles. The first-order valence-electron chi connectivity index (χ1n) is 8.57. The Bertz CT molecular complexity index is 953. The average molecular weight is 414 g/mol. The molecule has 0 saturated carbocycles. The second kappa shape index (κ2) is 9.91. The lowest BCUT2D eigenvalue weighted by Gasteiger charge is -2.10. The molecular weight excluding hydrogens is 394 g/mol. The summed E-state index contributed by atoms with van der Waals surface area (Å²) in [5, 5.41) is 14.5. The molecule has 0 aliphatic heterocycles. The van der Waals surface area contributed by atoms with Gasteiger partial charge < -0.3 is 10.0 Å². The number of rotatable bonds is 9. The van der Waals surface area contributed by atoms with E-state index in [1.165, 1.54) is 6.07 Å². The van der Waals surface area contributed by atoms with Gasteiger partial charge in [-0.2, -0.15) is 0 Å². The van der Waals surface area contributed by atoms with Crippen LogP contribution in [-0.4, -0.2) is 21.4 Å². The fraction of sp³-hybridized carbons (Fsp3) is 0.100. The lowest BCUT2D eigenvalue weighted by atomic mass is 10.2. The van der Waals surface area contributed by atoms with Gasteiger partial charge in [-0.15, -0.1) is 11.8 Å². The minimum Gasteiger partial charge on any atom is -0.379 e. The number of nitro groups is 1. The third-order valence-electron chi connectivity index (χ3n) is 3.79. The van der Waals surface area contributed by atoms with Gasteiger partial charge in [0.05, 0.1) is 9.82 Å². The molecule has 0 radical (unpaired) electrons. The third-order valence-corrected chi connectivity index (χ3v) is 5.91. The number of hydrogen-bond donors (Lipinski definition) is 2. The standard InChI is InChI=1S/C20H19N3O3S2/c24-23(25)20-15-18(28(26)22-16-7-3-1-4-8-16)11-12-19(20)21-13-14-27-17-9-5-2-6-10-17/h1-12,15,21-22H,13-14H2. The zero-order valence-electron chi connectivity index (χ0n) is 14.9. The fourth-order valence-corrected chi connectivity index (χ4v) is 4.14. The molecule has 0 aliphatic rings. The van der Waals surface area contributed by atoms with E-state index in [2.05, 4.69) is 10.0 Å². The molecule has 3 aromatic rings. The van der Waals surface area contributed by atoms with Crippen LogP contribution in [0.2, 0.25) is 0 Å². The van der Waals surface area contributed by atoms with E-state index < -0.39 is 15.9 Å². The number of benzene rings is 3. The second-order valence-electron chi connectivity index (χ2n) is 5.76. The summed E-state index contributed by atoms with van der Waals surface area (Å²) in [6.45, 7) is 0.575. The van der Waals surface area contributed by atoms with Crippen molar-refractivity contribution in [3.8, 4) is 0 Å². The molecule has 0 saturated heterocycles. The molecule has 28 heavy (non-hydrogen) atoms. The molecule has 3 aromatic carbocycles. The Kier molecular flexibility index (Phi) is 7.05. The van der Waals surface area contributed by atoms with E-state index in [1.807, 2.05) is 48.5 Å². The summed E-state index contributed by atoms with van der Waals surface area (Å²) in [4.78, 5) is 12.5. The first kappa shape index (κ1) is 19.9. The lowest BCUT2D eigenvalue weighted by Crippen LogP contribution is -2.08. The van der Waals surface area contributed by atoms with E-state index >= 15 is 0 Å². The van der Waals surface area contributed by atoms with Gasteiger partial charge in [0, 0.05) is 28.9 Å². The highest BCUT2D eigenvalue weighted by Crippen LogP contribution is 2.28. The molecular formula is C20H19N3O3S2. The molecule has 0 heterocycles. The summed E-state index contributed by atoms with van der Waals surface area (Å²) in [5.41, 5.74) is 1.01. The molecule has 6 nitrogen and oxygen atoms in total. The van der Waals surface area contributed by atoms with Gasteiger partial charge in [0.15, 0.2) is 11.0 Å². The number of thioether (sulfide) groups is 1. The van der Waals surface area contributed by atoms with Gasteiger partial charge in [0.2, 0.25) is 0 Å². The molecule has 0 aromatic heterocycles. The Hall–Kier alpha value is -2.84. The molecule has 144 valence electrons. The van der Waals surface area contributed by atoms with E-state index in [-0.39, 0.29) is 5.69 Å². The van der Waals surface area contributed by atoms with Crippen LogP contribution in [0.4, 0.5) is 17.1 Å². The highest BCUT2D eigenvalue weighted by molar-refractivity contribution is 7.99. The van der Waals surface area contributed by atoms with E-state index in [4.69, 9.17) is 0 Å². The number of nitrogens with one attached hydrogen (secondary N) is 2.